The van der Waals surface area contributed by atoms with Gasteiger partial charge in [0.25, 0.3) is 0 Å². The van der Waals surface area contributed by atoms with E-state index in [1.165, 1.54) is 0 Å². The van der Waals surface area contributed by atoms with Gasteiger partial charge in [-0.3, -0.25) is 4.68 Å². The molecule has 1 heterocycles. The van der Waals surface area contributed by atoms with Gasteiger partial charge in [-0.1, -0.05) is 12.2 Å². The fourth-order valence-corrected chi connectivity index (χ4v) is 1.16. The van der Waals surface area contributed by atoms with E-state index in [1.54, 1.807) is 0 Å². The molecule has 0 unspecified atom stereocenters. The lowest BCUT2D eigenvalue weighted by molar-refractivity contribution is 0.532. The Morgan fingerprint density at radius 1 is 1.62 bits per heavy atom. The topological polar surface area (TPSA) is 17.8 Å². The predicted molar refractivity (Wildman–Crippen MR) is 60.1 cm³/mol. The first-order chi connectivity index (χ1) is 6.24. The highest BCUT2D eigenvalue weighted by Crippen LogP contribution is 2.07. The van der Waals surface area contributed by atoms with Crippen LogP contribution in [0.5, 0.6) is 0 Å². The third kappa shape index (κ3) is 3.27. The minimum Gasteiger partial charge on any atom is -0.270 e. The maximum Gasteiger partial charge on any atom is 0.0562 e. The van der Waals surface area contributed by atoms with E-state index in [0.29, 0.717) is 6.04 Å². The minimum atomic E-state index is 0.437. The van der Waals surface area contributed by atoms with Crippen molar-refractivity contribution in [3.8, 4) is 0 Å². The summed E-state index contributed by atoms with van der Waals surface area (Å²) in [6, 6.07) is 0.437. The van der Waals surface area contributed by atoms with Crippen LogP contribution in [-0.2, 0) is 0 Å². The summed E-state index contributed by atoms with van der Waals surface area (Å²) in [5, 5.41) is 4.24. The summed E-state index contributed by atoms with van der Waals surface area (Å²) in [4.78, 5) is 0. The Balaban J connectivity index is 2.58. The van der Waals surface area contributed by atoms with E-state index < -0.39 is 0 Å². The molecule has 0 radical (unpaired) electrons. The molecule has 0 spiro atoms. The molecule has 3 heteroatoms. The van der Waals surface area contributed by atoms with E-state index in [9.17, 15) is 0 Å². The molecule has 0 aliphatic heterocycles. The Labute approximate surface area is 85.1 Å². The molecule has 0 aliphatic rings. The van der Waals surface area contributed by atoms with Crippen LogP contribution in [0.15, 0.2) is 18.5 Å². The van der Waals surface area contributed by atoms with E-state index in [4.69, 9.17) is 0 Å². The van der Waals surface area contributed by atoms with Gasteiger partial charge >= 0.3 is 0 Å². The van der Waals surface area contributed by atoms with E-state index in [2.05, 4.69) is 49.9 Å². The number of thiol groups is 1. The average Bonchev–Trinajstić information content (AvgIpc) is 2.53. The molecule has 0 saturated heterocycles. The quantitative estimate of drug-likeness (QED) is 0.733. The van der Waals surface area contributed by atoms with Gasteiger partial charge in [0.05, 0.1) is 6.20 Å². The number of rotatable bonds is 4. The van der Waals surface area contributed by atoms with Crippen LogP contribution >= 0.6 is 12.6 Å². The standard InChI is InChI=1S/C10H16N2S/c1-9(2)12-8-10(7-11-12)5-3-4-6-13/h3,5,7-9,13H,4,6H2,1-2H3. The van der Waals surface area contributed by atoms with Crippen LogP contribution in [0, 0.1) is 0 Å². The van der Waals surface area contributed by atoms with E-state index in [0.717, 1.165) is 17.7 Å². The summed E-state index contributed by atoms with van der Waals surface area (Å²) in [6.07, 6.45) is 9.15. The zero-order valence-corrected chi connectivity index (χ0v) is 9.04. The molecule has 13 heavy (non-hydrogen) atoms. The monoisotopic (exact) mass is 196 g/mol. The molecule has 0 bridgehead atoms. The predicted octanol–water partition coefficient (Wildman–Crippen LogP) is 2.80. The second-order valence-electron chi connectivity index (χ2n) is 3.26. The Morgan fingerprint density at radius 3 is 2.92 bits per heavy atom. The number of nitrogens with zero attached hydrogens (tertiary/aromatic N) is 2. The number of aromatic nitrogens is 2. The maximum absolute atomic E-state index is 4.24. The van der Waals surface area contributed by atoms with Crippen molar-refractivity contribution in [3.63, 3.8) is 0 Å². The molecule has 0 amide bonds. The second kappa shape index (κ2) is 5.12. The number of hydrogen-bond acceptors (Lipinski definition) is 2. The van der Waals surface area contributed by atoms with Crippen LogP contribution in [0.3, 0.4) is 0 Å². The summed E-state index contributed by atoms with van der Waals surface area (Å²) in [5.74, 6) is 0.898. The van der Waals surface area contributed by atoms with Crippen molar-refractivity contribution in [1.29, 1.82) is 0 Å². The lowest BCUT2D eigenvalue weighted by atomic mass is 10.3. The molecule has 1 aromatic heterocycles. The fourth-order valence-electron chi connectivity index (χ4n) is 1.02. The first kappa shape index (κ1) is 10.4. The molecular formula is C10H16N2S. The Bertz CT molecular complexity index is 276. The molecule has 0 aliphatic carbocycles. The molecule has 1 rings (SSSR count). The van der Waals surface area contributed by atoms with Crippen molar-refractivity contribution in [3.05, 3.63) is 24.0 Å². The maximum atomic E-state index is 4.24. The Morgan fingerprint density at radius 2 is 2.38 bits per heavy atom. The smallest absolute Gasteiger partial charge is 0.0562 e. The molecule has 0 atom stereocenters. The molecule has 0 N–H and O–H groups in total. The lowest BCUT2D eigenvalue weighted by Crippen LogP contribution is -1.99. The third-order valence-corrected chi connectivity index (χ3v) is 2.01. The van der Waals surface area contributed by atoms with Crippen molar-refractivity contribution >= 4 is 18.7 Å². The fraction of sp³-hybridized carbons (Fsp3) is 0.500. The van der Waals surface area contributed by atoms with Gasteiger partial charge in [-0.05, 0) is 26.0 Å². The van der Waals surface area contributed by atoms with Crippen LogP contribution < -0.4 is 0 Å². The molecular weight excluding hydrogens is 180 g/mol. The summed E-state index contributed by atoms with van der Waals surface area (Å²) in [7, 11) is 0. The zero-order chi connectivity index (χ0) is 9.68. The largest absolute Gasteiger partial charge is 0.270 e. The summed E-state index contributed by atoms with van der Waals surface area (Å²) >= 11 is 4.13. The first-order valence-corrected chi connectivity index (χ1v) is 5.19. The van der Waals surface area contributed by atoms with Crippen molar-refractivity contribution in [1.82, 2.24) is 9.78 Å². The van der Waals surface area contributed by atoms with Crippen LogP contribution in [0.1, 0.15) is 31.9 Å². The molecule has 72 valence electrons. The van der Waals surface area contributed by atoms with Gasteiger partial charge in [-0.15, -0.1) is 0 Å². The summed E-state index contributed by atoms with van der Waals surface area (Å²) in [5.41, 5.74) is 1.16. The van der Waals surface area contributed by atoms with Crippen LogP contribution in [0.25, 0.3) is 6.08 Å². The highest BCUT2D eigenvalue weighted by molar-refractivity contribution is 7.80. The van der Waals surface area contributed by atoms with E-state index in [-0.39, 0.29) is 0 Å². The molecule has 0 aromatic carbocycles. The van der Waals surface area contributed by atoms with Gasteiger partial charge in [-0.25, -0.2) is 0 Å². The van der Waals surface area contributed by atoms with Gasteiger partial charge in [0.15, 0.2) is 0 Å². The number of hydrogen-bond donors (Lipinski definition) is 1. The summed E-state index contributed by atoms with van der Waals surface area (Å²) < 4.78 is 1.96. The highest BCUT2D eigenvalue weighted by Gasteiger charge is 1.97. The van der Waals surface area contributed by atoms with Gasteiger partial charge in [0.1, 0.15) is 0 Å². The van der Waals surface area contributed by atoms with Crippen molar-refractivity contribution in [2.24, 2.45) is 0 Å². The van der Waals surface area contributed by atoms with Gasteiger partial charge < -0.3 is 0 Å². The first-order valence-electron chi connectivity index (χ1n) is 4.55. The van der Waals surface area contributed by atoms with Gasteiger partial charge in [0.2, 0.25) is 0 Å². The van der Waals surface area contributed by atoms with Crippen LogP contribution in [0.4, 0.5) is 0 Å². The second-order valence-corrected chi connectivity index (χ2v) is 3.71. The Hall–Kier alpha value is -0.700. The van der Waals surface area contributed by atoms with Gasteiger partial charge in [-0.2, -0.15) is 17.7 Å². The lowest BCUT2D eigenvalue weighted by Gasteiger charge is -2.02. The number of allylic oxidation sites excluding steroid dienone is 1. The minimum absolute atomic E-state index is 0.437. The van der Waals surface area contributed by atoms with Crippen molar-refractivity contribution < 1.29 is 0 Å². The van der Waals surface area contributed by atoms with E-state index in [1.807, 2.05) is 10.9 Å². The van der Waals surface area contributed by atoms with Crippen LogP contribution in [0.2, 0.25) is 0 Å². The molecule has 1 aromatic rings. The summed E-state index contributed by atoms with van der Waals surface area (Å²) in [6.45, 7) is 4.24. The van der Waals surface area contributed by atoms with E-state index >= 15 is 0 Å². The highest BCUT2D eigenvalue weighted by atomic mass is 32.1. The Kier molecular flexibility index (Phi) is 4.09. The van der Waals surface area contributed by atoms with Crippen molar-refractivity contribution in [2.45, 2.75) is 26.3 Å². The third-order valence-electron chi connectivity index (χ3n) is 1.76. The zero-order valence-electron chi connectivity index (χ0n) is 8.14. The van der Waals surface area contributed by atoms with Crippen molar-refractivity contribution in [2.75, 3.05) is 5.75 Å². The molecule has 0 saturated carbocycles. The van der Waals surface area contributed by atoms with Crippen LogP contribution in [-0.4, -0.2) is 15.5 Å². The SMILES string of the molecule is CC(C)n1cc(C=CCCS)cn1. The average molecular weight is 196 g/mol. The van der Waals surface area contributed by atoms with Gasteiger partial charge in [0, 0.05) is 17.8 Å². The normalized spacial score (nSPS) is 11.7. The molecule has 0 fully saturated rings. The molecule has 2 nitrogen and oxygen atoms in total.